The van der Waals surface area contributed by atoms with E-state index in [1.807, 2.05) is 0 Å². The second-order valence-electron chi connectivity index (χ2n) is 7.08. The number of methoxy groups -OCH3 is 2. The predicted octanol–water partition coefficient (Wildman–Crippen LogP) is 4.99. The topological polar surface area (TPSA) is 79.9 Å². The van der Waals surface area contributed by atoms with E-state index in [0.717, 1.165) is 0 Å². The first kappa shape index (κ1) is 22.6. The molecule has 2 aromatic rings. The molecular weight excluding hydrogens is 417 g/mol. The number of ether oxygens (including phenoxy) is 2. The fourth-order valence-electron chi connectivity index (χ4n) is 2.57. The van der Waals surface area contributed by atoms with Crippen LogP contribution in [0.3, 0.4) is 0 Å². The first-order chi connectivity index (χ1) is 13.6. The average Bonchev–Trinajstić information content (AvgIpc) is 2.63. The Bertz CT molecular complexity index is 893. The number of halogens is 2. The number of amides is 3. The average molecular weight is 440 g/mol. The molecule has 9 heteroatoms. The summed E-state index contributed by atoms with van der Waals surface area (Å²) in [5.41, 5.74) is 2.48. The van der Waals surface area contributed by atoms with Gasteiger partial charge in [0, 0.05) is 15.6 Å². The Hall–Kier alpha value is -2.64. The van der Waals surface area contributed by atoms with Crippen LogP contribution < -0.4 is 20.2 Å². The zero-order valence-electron chi connectivity index (χ0n) is 16.8. The number of carbonyl (C=O) groups is 2. The number of rotatable bonds is 4. The van der Waals surface area contributed by atoms with Crippen molar-refractivity contribution in [1.29, 1.82) is 0 Å². The van der Waals surface area contributed by atoms with Crippen molar-refractivity contribution in [2.24, 2.45) is 0 Å². The van der Waals surface area contributed by atoms with Gasteiger partial charge in [0.05, 0.1) is 25.4 Å². The molecule has 0 unspecified atom stereocenters. The molecule has 0 heterocycles. The van der Waals surface area contributed by atoms with E-state index in [2.05, 4.69) is 10.7 Å². The van der Waals surface area contributed by atoms with Gasteiger partial charge in [-0.3, -0.25) is 4.79 Å². The SMILES string of the molecule is COc1cccc(NC(=O)NN(C(=O)c2cc(Cl)cc(Cl)c2)C(C)(C)C)c1OC. The molecule has 0 atom stereocenters. The van der Waals surface area contributed by atoms with E-state index in [1.54, 1.807) is 39.0 Å². The Morgan fingerprint density at radius 2 is 1.62 bits per heavy atom. The third-order valence-corrected chi connectivity index (χ3v) is 4.28. The summed E-state index contributed by atoms with van der Waals surface area (Å²) in [6.45, 7) is 5.34. The molecule has 29 heavy (non-hydrogen) atoms. The highest BCUT2D eigenvalue weighted by Crippen LogP contribution is 2.34. The molecule has 0 bridgehead atoms. The Morgan fingerprint density at radius 1 is 1.00 bits per heavy atom. The summed E-state index contributed by atoms with van der Waals surface area (Å²) in [7, 11) is 2.96. The first-order valence-corrected chi connectivity index (χ1v) is 9.41. The van der Waals surface area contributed by atoms with Gasteiger partial charge in [0.15, 0.2) is 11.5 Å². The summed E-state index contributed by atoms with van der Waals surface area (Å²) in [4.78, 5) is 25.7. The van der Waals surface area contributed by atoms with E-state index >= 15 is 0 Å². The fraction of sp³-hybridized carbons (Fsp3) is 0.300. The van der Waals surface area contributed by atoms with E-state index in [1.165, 1.54) is 37.4 Å². The molecule has 7 nitrogen and oxygen atoms in total. The summed E-state index contributed by atoms with van der Waals surface area (Å²) >= 11 is 12.0. The Balaban J connectivity index is 2.27. The smallest absolute Gasteiger partial charge is 0.338 e. The fourth-order valence-corrected chi connectivity index (χ4v) is 3.09. The van der Waals surface area contributed by atoms with Gasteiger partial charge in [0.1, 0.15) is 0 Å². The minimum Gasteiger partial charge on any atom is -0.493 e. The minimum absolute atomic E-state index is 0.247. The van der Waals surface area contributed by atoms with E-state index in [9.17, 15) is 9.59 Å². The number of nitrogens with one attached hydrogen (secondary N) is 2. The maximum absolute atomic E-state index is 13.0. The number of benzene rings is 2. The van der Waals surface area contributed by atoms with Crippen LogP contribution in [-0.4, -0.2) is 36.7 Å². The van der Waals surface area contributed by atoms with Crippen LogP contribution in [-0.2, 0) is 0 Å². The molecule has 0 fully saturated rings. The van der Waals surface area contributed by atoms with Crippen molar-refractivity contribution in [2.45, 2.75) is 26.3 Å². The second kappa shape index (κ2) is 9.24. The van der Waals surface area contributed by atoms with E-state index in [-0.39, 0.29) is 5.56 Å². The molecule has 156 valence electrons. The van der Waals surface area contributed by atoms with Crippen molar-refractivity contribution in [2.75, 3.05) is 19.5 Å². The second-order valence-corrected chi connectivity index (χ2v) is 7.95. The Kier molecular flexibility index (Phi) is 7.21. The molecule has 0 saturated heterocycles. The molecule has 0 radical (unpaired) electrons. The van der Waals surface area contributed by atoms with Gasteiger partial charge in [-0.25, -0.2) is 15.2 Å². The van der Waals surface area contributed by atoms with Gasteiger partial charge in [0.2, 0.25) is 0 Å². The van der Waals surface area contributed by atoms with Gasteiger partial charge in [-0.15, -0.1) is 0 Å². The maximum Gasteiger partial charge on any atom is 0.338 e. The quantitative estimate of drug-likeness (QED) is 0.657. The van der Waals surface area contributed by atoms with Crippen LogP contribution in [0.15, 0.2) is 36.4 Å². The zero-order chi connectivity index (χ0) is 21.8. The first-order valence-electron chi connectivity index (χ1n) is 8.66. The van der Waals surface area contributed by atoms with Gasteiger partial charge in [-0.05, 0) is 51.1 Å². The van der Waals surface area contributed by atoms with E-state index in [0.29, 0.717) is 27.2 Å². The zero-order valence-corrected chi connectivity index (χ0v) is 18.3. The Labute approximate surface area is 179 Å². The third kappa shape index (κ3) is 5.68. The number of anilines is 1. The molecule has 0 saturated carbocycles. The summed E-state index contributed by atoms with van der Waals surface area (Å²) in [6.07, 6.45) is 0. The third-order valence-electron chi connectivity index (χ3n) is 3.85. The van der Waals surface area contributed by atoms with Crippen LogP contribution >= 0.6 is 23.2 Å². The summed E-state index contributed by atoms with van der Waals surface area (Å²) in [6, 6.07) is 8.93. The molecule has 0 spiro atoms. The van der Waals surface area contributed by atoms with Crippen molar-refractivity contribution < 1.29 is 19.1 Å². The molecule has 2 N–H and O–H groups in total. The van der Waals surface area contributed by atoms with Crippen LogP contribution in [0.25, 0.3) is 0 Å². The summed E-state index contributed by atoms with van der Waals surface area (Å²) in [5, 5.41) is 4.51. The van der Waals surface area contributed by atoms with E-state index < -0.39 is 17.5 Å². The number of hydrogen-bond donors (Lipinski definition) is 2. The van der Waals surface area contributed by atoms with Gasteiger partial charge in [-0.1, -0.05) is 29.3 Å². The van der Waals surface area contributed by atoms with Crippen LogP contribution in [0, 0.1) is 0 Å². The highest BCUT2D eigenvalue weighted by molar-refractivity contribution is 6.35. The van der Waals surface area contributed by atoms with Crippen molar-refractivity contribution >= 4 is 40.8 Å². The monoisotopic (exact) mass is 439 g/mol. The lowest BCUT2D eigenvalue weighted by Crippen LogP contribution is -2.56. The van der Waals surface area contributed by atoms with Crippen molar-refractivity contribution in [3.8, 4) is 11.5 Å². The molecule has 0 aliphatic heterocycles. The number of hydrogen-bond acceptors (Lipinski definition) is 4. The largest absolute Gasteiger partial charge is 0.493 e. The van der Waals surface area contributed by atoms with Crippen molar-refractivity contribution in [1.82, 2.24) is 10.4 Å². The van der Waals surface area contributed by atoms with Crippen LogP contribution in [0.2, 0.25) is 10.0 Å². The highest BCUT2D eigenvalue weighted by Gasteiger charge is 2.30. The lowest BCUT2D eigenvalue weighted by atomic mass is 10.1. The molecular formula is C20H23Cl2N3O4. The van der Waals surface area contributed by atoms with Gasteiger partial charge in [-0.2, -0.15) is 0 Å². The molecule has 0 aromatic heterocycles. The number of hydrazine groups is 1. The molecule has 0 aliphatic rings. The standard InChI is InChI=1S/C20H23Cl2N3O4/c1-20(2,3)25(18(26)12-9-13(21)11-14(22)10-12)24-19(27)23-15-7-6-8-16(28-4)17(15)29-5/h6-11H,1-5H3,(H2,23,24,27). The van der Waals surface area contributed by atoms with Gasteiger partial charge >= 0.3 is 6.03 Å². The highest BCUT2D eigenvalue weighted by atomic mass is 35.5. The number of carbonyl (C=O) groups excluding carboxylic acids is 2. The number of urea groups is 1. The minimum atomic E-state index is -0.734. The van der Waals surface area contributed by atoms with Crippen LogP contribution in [0.4, 0.5) is 10.5 Å². The summed E-state index contributed by atoms with van der Waals surface area (Å²) < 4.78 is 10.5. The summed E-state index contributed by atoms with van der Waals surface area (Å²) in [5.74, 6) is 0.359. The molecule has 2 aromatic carbocycles. The maximum atomic E-state index is 13.0. The van der Waals surface area contributed by atoms with Gasteiger partial charge in [0.25, 0.3) is 5.91 Å². The van der Waals surface area contributed by atoms with E-state index in [4.69, 9.17) is 32.7 Å². The molecule has 3 amide bonds. The lowest BCUT2D eigenvalue weighted by Gasteiger charge is -2.35. The van der Waals surface area contributed by atoms with Gasteiger partial charge < -0.3 is 14.8 Å². The lowest BCUT2D eigenvalue weighted by molar-refractivity contribution is 0.0460. The molecule has 2 rings (SSSR count). The predicted molar refractivity (Wildman–Crippen MR) is 114 cm³/mol. The van der Waals surface area contributed by atoms with Crippen LogP contribution in [0.5, 0.6) is 11.5 Å². The number of nitrogens with zero attached hydrogens (tertiary/aromatic N) is 1. The Morgan fingerprint density at radius 3 is 2.14 bits per heavy atom. The van der Waals surface area contributed by atoms with Crippen molar-refractivity contribution in [3.63, 3.8) is 0 Å². The molecule has 0 aliphatic carbocycles. The van der Waals surface area contributed by atoms with Crippen molar-refractivity contribution in [3.05, 3.63) is 52.0 Å². The van der Waals surface area contributed by atoms with Crippen LogP contribution in [0.1, 0.15) is 31.1 Å². The number of para-hydroxylation sites is 1. The normalized spacial score (nSPS) is 10.9.